The smallest absolute Gasteiger partial charge is 0.157 e. The molecule has 1 aliphatic rings. The van der Waals surface area contributed by atoms with Gasteiger partial charge in [-0.2, -0.15) is 0 Å². The minimum Gasteiger partial charge on any atom is -0.368 e. The maximum atomic E-state index is 5.90. The number of aryl methyl sites for hydroxylation is 1. The van der Waals surface area contributed by atoms with E-state index in [0.717, 1.165) is 6.42 Å². The summed E-state index contributed by atoms with van der Waals surface area (Å²) in [5.41, 5.74) is 2.48. The van der Waals surface area contributed by atoms with E-state index in [1.165, 1.54) is 11.1 Å². The van der Waals surface area contributed by atoms with Gasteiger partial charge in [0.1, 0.15) is 6.10 Å². The minimum absolute atomic E-state index is 0.0207. The van der Waals surface area contributed by atoms with E-state index in [4.69, 9.17) is 14.2 Å². The summed E-state index contributed by atoms with van der Waals surface area (Å²) >= 11 is 0. The summed E-state index contributed by atoms with van der Waals surface area (Å²) < 4.78 is 17.2. The zero-order chi connectivity index (χ0) is 13.0. The van der Waals surface area contributed by atoms with Crippen molar-refractivity contribution < 1.29 is 14.2 Å². The normalized spacial score (nSPS) is 28.3. The van der Waals surface area contributed by atoms with Gasteiger partial charge in [0.15, 0.2) is 6.29 Å². The van der Waals surface area contributed by atoms with Crippen molar-refractivity contribution in [3.8, 4) is 0 Å². The largest absolute Gasteiger partial charge is 0.368 e. The highest BCUT2D eigenvalue weighted by atomic mass is 16.7. The van der Waals surface area contributed by atoms with Crippen LogP contribution >= 0.6 is 0 Å². The lowest BCUT2D eigenvalue weighted by Gasteiger charge is -2.34. The van der Waals surface area contributed by atoms with E-state index in [-0.39, 0.29) is 18.5 Å². The van der Waals surface area contributed by atoms with E-state index in [2.05, 4.69) is 26.0 Å². The highest BCUT2D eigenvalue weighted by molar-refractivity contribution is 5.24. The Morgan fingerprint density at radius 2 is 2.11 bits per heavy atom. The fourth-order valence-corrected chi connectivity index (χ4v) is 2.07. The standard InChI is InChI=1S/C15H22O3/c1-4-15-17-10-14(12(3)18-15)16-9-13-8-6-5-7-11(13)2/h5-8,12,14-15H,4,9-10H2,1-3H3/t12-,14+,15+/m1/s1. The van der Waals surface area contributed by atoms with E-state index in [1.54, 1.807) is 0 Å². The maximum Gasteiger partial charge on any atom is 0.157 e. The van der Waals surface area contributed by atoms with Crippen LogP contribution in [0.3, 0.4) is 0 Å². The van der Waals surface area contributed by atoms with Crippen molar-refractivity contribution in [3.05, 3.63) is 35.4 Å². The Balaban J connectivity index is 1.86. The summed E-state index contributed by atoms with van der Waals surface area (Å²) in [6.45, 7) is 7.44. The number of benzene rings is 1. The fourth-order valence-electron chi connectivity index (χ4n) is 2.07. The van der Waals surface area contributed by atoms with Crippen LogP contribution in [0.5, 0.6) is 0 Å². The Bertz CT molecular complexity index is 378. The van der Waals surface area contributed by atoms with E-state index in [1.807, 2.05) is 19.1 Å². The first-order chi connectivity index (χ1) is 8.70. The average Bonchev–Trinajstić information content (AvgIpc) is 2.39. The number of hydrogen-bond acceptors (Lipinski definition) is 3. The van der Waals surface area contributed by atoms with E-state index >= 15 is 0 Å². The molecule has 0 spiro atoms. The molecule has 3 nitrogen and oxygen atoms in total. The van der Waals surface area contributed by atoms with Gasteiger partial charge in [-0.05, 0) is 31.4 Å². The SMILES string of the molecule is CC[C@H]1OC[C@H](OCc2ccccc2C)[C@@H](C)O1. The van der Waals surface area contributed by atoms with Crippen LogP contribution in [0.15, 0.2) is 24.3 Å². The molecule has 1 aromatic carbocycles. The van der Waals surface area contributed by atoms with Gasteiger partial charge < -0.3 is 14.2 Å². The lowest BCUT2D eigenvalue weighted by Crippen LogP contribution is -2.43. The third-order valence-corrected chi connectivity index (χ3v) is 3.38. The van der Waals surface area contributed by atoms with Crippen LogP contribution < -0.4 is 0 Å². The molecular formula is C15H22O3. The van der Waals surface area contributed by atoms with Gasteiger partial charge in [0.2, 0.25) is 0 Å². The third-order valence-electron chi connectivity index (χ3n) is 3.38. The molecule has 0 bridgehead atoms. The van der Waals surface area contributed by atoms with Crippen molar-refractivity contribution in [2.24, 2.45) is 0 Å². The molecule has 0 aromatic heterocycles. The third kappa shape index (κ3) is 3.31. The monoisotopic (exact) mass is 250 g/mol. The molecule has 18 heavy (non-hydrogen) atoms. The van der Waals surface area contributed by atoms with Gasteiger partial charge in [-0.1, -0.05) is 31.2 Å². The number of rotatable bonds is 4. The zero-order valence-electron chi connectivity index (χ0n) is 11.4. The minimum atomic E-state index is -0.0710. The summed E-state index contributed by atoms with van der Waals surface area (Å²) in [6.07, 6.45) is 0.924. The molecule has 1 heterocycles. The van der Waals surface area contributed by atoms with Crippen LogP contribution in [-0.2, 0) is 20.8 Å². The molecule has 0 radical (unpaired) electrons. The average molecular weight is 250 g/mol. The number of ether oxygens (including phenoxy) is 3. The molecule has 0 N–H and O–H groups in total. The molecular weight excluding hydrogens is 228 g/mol. The Hall–Kier alpha value is -0.900. The second-order valence-electron chi connectivity index (χ2n) is 4.79. The Morgan fingerprint density at radius 3 is 2.78 bits per heavy atom. The molecule has 0 saturated carbocycles. The maximum absolute atomic E-state index is 5.90. The van der Waals surface area contributed by atoms with Gasteiger partial charge in [-0.15, -0.1) is 0 Å². The first kappa shape index (κ1) is 13.5. The first-order valence-electron chi connectivity index (χ1n) is 6.64. The molecule has 100 valence electrons. The van der Waals surface area contributed by atoms with Gasteiger partial charge in [-0.25, -0.2) is 0 Å². The van der Waals surface area contributed by atoms with Gasteiger partial charge in [0.05, 0.1) is 19.3 Å². The van der Waals surface area contributed by atoms with Crippen molar-refractivity contribution in [2.75, 3.05) is 6.61 Å². The zero-order valence-corrected chi connectivity index (χ0v) is 11.4. The second-order valence-corrected chi connectivity index (χ2v) is 4.79. The van der Waals surface area contributed by atoms with Crippen LogP contribution in [0.4, 0.5) is 0 Å². The van der Waals surface area contributed by atoms with Crippen molar-refractivity contribution in [3.63, 3.8) is 0 Å². The Kier molecular flexibility index (Phi) is 4.75. The topological polar surface area (TPSA) is 27.7 Å². The van der Waals surface area contributed by atoms with Crippen molar-refractivity contribution in [1.82, 2.24) is 0 Å². The second kappa shape index (κ2) is 6.32. The quantitative estimate of drug-likeness (QED) is 0.822. The summed E-state index contributed by atoms with van der Waals surface area (Å²) in [7, 11) is 0. The van der Waals surface area contributed by atoms with Gasteiger partial charge >= 0.3 is 0 Å². The molecule has 0 aliphatic carbocycles. The molecule has 1 fully saturated rings. The predicted octanol–water partition coefficient (Wildman–Crippen LogP) is 3.05. The summed E-state index contributed by atoms with van der Waals surface area (Å²) in [4.78, 5) is 0. The van der Waals surface area contributed by atoms with Gasteiger partial charge in [-0.3, -0.25) is 0 Å². The Morgan fingerprint density at radius 1 is 1.33 bits per heavy atom. The van der Waals surface area contributed by atoms with E-state index in [9.17, 15) is 0 Å². The lowest BCUT2D eigenvalue weighted by atomic mass is 10.1. The van der Waals surface area contributed by atoms with Crippen LogP contribution in [0, 0.1) is 6.92 Å². The van der Waals surface area contributed by atoms with Gasteiger partial charge in [0, 0.05) is 0 Å². The van der Waals surface area contributed by atoms with Crippen LogP contribution in [-0.4, -0.2) is 25.1 Å². The predicted molar refractivity (Wildman–Crippen MR) is 70.3 cm³/mol. The van der Waals surface area contributed by atoms with Crippen LogP contribution in [0.2, 0.25) is 0 Å². The first-order valence-corrected chi connectivity index (χ1v) is 6.64. The van der Waals surface area contributed by atoms with Crippen molar-refractivity contribution in [2.45, 2.75) is 52.3 Å². The summed E-state index contributed by atoms with van der Waals surface area (Å²) in [5.74, 6) is 0. The molecule has 2 rings (SSSR count). The lowest BCUT2D eigenvalue weighted by molar-refractivity contribution is -0.258. The van der Waals surface area contributed by atoms with E-state index < -0.39 is 0 Å². The highest BCUT2D eigenvalue weighted by Crippen LogP contribution is 2.19. The Labute approximate surface area is 109 Å². The summed E-state index contributed by atoms with van der Waals surface area (Å²) in [6, 6.07) is 8.28. The molecule has 3 heteroatoms. The molecule has 1 aromatic rings. The highest BCUT2D eigenvalue weighted by Gasteiger charge is 2.28. The van der Waals surface area contributed by atoms with Crippen molar-refractivity contribution >= 4 is 0 Å². The molecule has 0 unspecified atom stereocenters. The van der Waals surface area contributed by atoms with Crippen LogP contribution in [0.25, 0.3) is 0 Å². The molecule has 1 aliphatic heterocycles. The van der Waals surface area contributed by atoms with Gasteiger partial charge in [0.25, 0.3) is 0 Å². The fraction of sp³-hybridized carbons (Fsp3) is 0.600. The molecule has 0 amide bonds. The number of hydrogen-bond donors (Lipinski definition) is 0. The molecule has 3 atom stereocenters. The molecule has 1 saturated heterocycles. The van der Waals surface area contributed by atoms with Crippen molar-refractivity contribution in [1.29, 1.82) is 0 Å². The van der Waals surface area contributed by atoms with E-state index in [0.29, 0.717) is 13.2 Å². The van der Waals surface area contributed by atoms with Crippen LogP contribution in [0.1, 0.15) is 31.4 Å². The summed E-state index contributed by atoms with van der Waals surface area (Å²) in [5, 5.41) is 0.